The smallest absolute Gasteiger partial charge is 0.233 e. The molecular weight excluding hydrogens is 430 g/mol. The fraction of sp³-hybridized carbons (Fsp3) is 0.316. The summed E-state index contributed by atoms with van der Waals surface area (Å²) in [5.41, 5.74) is 7.36. The number of aromatic nitrogens is 1. The van der Waals surface area contributed by atoms with Crippen molar-refractivity contribution >= 4 is 57.6 Å². The molecule has 0 radical (unpaired) electrons. The molecule has 146 valence electrons. The molecule has 3 aromatic heterocycles. The van der Waals surface area contributed by atoms with Crippen LogP contribution >= 0.6 is 45.8 Å². The predicted octanol–water partition coefficient (Wildman–Crippen LogP) is 3.87. The maximum Gasteiger partial charge on any atom is 0.233 e. The van der Waals surface area contributed by atoms with Gasteiger partial charge in [-0.1, -0.05) is 17.8 Å². The van der Waals surface area contributed by atoms with E-state index in [9.17, 15) is 9.59 Å². The van der Waals surface area contributed by atoms with E-state index in [1.165, 1.54) is 38.4 Å². The second kappa shape index (κ2) is 8.36. The predicted molar refractivity (Wildman–Crippen MR) is 116 cm³/mol. The molecule has 28 heavy (non-hydrogen) atoms. The average Bonchev–Trinajstić information content (AvgIpc) is 3.40. The number of nitrogens with two attached hydrogens (primary N) is 1. The van der Waals surface area contributed by atoms with E-state index in [2.05, 4.69) is 27.9 Å². The number of thioether (sulfide) groups is 1. The second-order valence-corrected chi connectivity index (χ2v) is 10.8. The summed E-state index contributed by atoms with van der Waals surface area (Å²) in [6.45, 7) is 2.61. The number of nitrogens with zero attached hydrogens (tertiary/aromatic N) is 2. The summed E-state index contributed by atoms with van der Waals surface area (Å²) < 4.78 is 0.808. The van der Waals surface area contributed by atoms with Crippen molar-refractivity contribution in [3.63, 3.8) is 0 Å². The minimum Gasteiger partial charge on any atom is -0.369 e. The van der Waals surface area contributed by atoms with E-state index in [4.69, 9.17) is 5.73 Å². The summed E-state index contributed by atoms with van der Waals surface area (Å²) in [5, 5.41) is 4.18. The minimum atomic E-state index is -0.363. The van der Waals surface area contributed by atoms with Gasteiger partial charge >= 0.3 is 0 Å². The Hall–Kier alpha value is -1.68. The Labute approximate surface area is 179 Å². The lowest BCUT2D eigenvalue weighted by Gasteiger charge is -2.35. The van der Waals surface area contributed by atoms with Gasteiger partial charge in [-0.25, -0.2) is 4.98 Å². The van der Waals surface area contributed by atoms with Crippen molar-refractivity contribution in [1.29, 1.82) is 0 Å². The third kappa shape index (κ3) is 4.03. The molecule has 1 aliphatic heterocycles. The van der Waals surface area contributed by atoms with Crippen molar-refractivity contribution in [1.82, 2.24) is 9.88 Å². The summed E-state index contributed by atoms with van der Waals surface area (Å²) in [7, 11) is 0. The largest absolute Gasteiger partial charge is 0.369 e. The van der Waals surface area contributed by atoms with Crippen LogP contribution in [0.3, 0.4) is 0 Å². The molecule has 3 aromatic rings. The molecule has 0 aromatic carbocycles. The lowest BCUT2D eigenvalue weighted by atomic mass is 9.98. The summed E-state index contributed by atoms with van der Waals surface area (Å²) in [5.74, 6) is 0.0900. The first-order valence-corrected chi connectivity index (χ1v) is 12.4. The molecule has 9 heteroatoms. The monoisotopic (exact) mass is 449 g/mol. The Morgan fingerprint density at radius 1 is 1.32 bits per heavy atom. The van der Waals surface area contributed by atoms with Crippen LogP contribution in [0, 0.1) is 6.92 Å². The molecule has 1 unspecified atom stereocenters. The van der Waals surface area contributed by atoms with E-state index < -0.39 is 0 Å². The van der Waals surface area contributed by atoms with Gasteiger partial charge in [0.05, 0.1) is 23.9 Å². The van der Waals surface area contributed by atoms with Crippen LogP contribution in [0.2, 0.25) is 0 Å². The van der Waals surface area contributed by atoms with Crippen molar-refractivity contribution < 1.29 is 9.59 Å². The van der Waals surface area contributed by atoms with E-state index >= 15 is 0 Å². The molecule has 0 aliphatic carbocycles. The van der Waals surface area contributed by atoms with Gasteiger partial charge in [0, 0.05) is 21.2 Å². The summed E-state index contributed by atoms with van der Waals surface area (Å²) in [6, 6.07) is 6.30. The van der Waals surface area contributed by atoms with Crippen LogP contribution in [0.1, 0.15) is 31.9 Å². The lowest BCUT2D eigenvalue weighted by Crippen LogP contribution is -2.40. The van der Waals surface area contributed by atoms with Gasteiger partial charge in [0.1, 0.15) is 0 Å². The molecule has 1 atom stereocenters. The molecule has 2 N–H and O–H groups in total. The summed E-state index contributed by atoms with van der Waals surface area (Å²) >= 11 is 6.35. The molecule has 5 nitrogen and oxygen atoms in total. The van der Waals surface area contributed by atoms with Gasteiger partial charge in [0.2, 0.25) is 11.8 Å². The van der Waals surface area contributed by atoms with E-state index in [0.717, 1.165) is 27.9 Å². The quantitative estimate of drug-likeness (QED) is 0.580. The van der Waals surface area contributed by atoms with Gasteiger partial charge in [-0.15, -0.1) is 34.0 Å². The van der Waals surface area contributed by atoms with Gasteiger partial charge in [-0.3, -0.25) is 9.59 Å². The van der Waals surface area contributed by atoms with E-state index in [0.29, 0.717) is 5.75 Å². The summed E-state index contributed by atoms with van der Waals surface area (Å²) in [6.07, 6.45) is 1.11. The zero-order chi connectivity index (χ0) is 19.7. The van der Waals surface area contributed by atoms with E-state index in [-0.39, 0.29) is 24.3 Å². The number of hydrogen-bond acceptors (Lipinski definition) is 7. The third-order valence-corrected chi connectivity index (χ3v) is 8.83. The first-order chi connectivity index (χ1) is 13.5. The van der Waals surface area contributed by atoms with Crippen molar-refractivity contribution in [3.05, 3.63) is 54.8 Å². The number of thiophene rings is 2. The highest BCUT2D eigenvalue weighted by Crippen LogP contribution is 2.40. The van der Waals surface area contributed by atoms with Crippen molar-refractivity contribution in [3.8, 4) is 0 Å². The molecule has 4 heterocycles. The van der Waals surface area contributed by atoms with Crippen LogP contribution in [0.5, 0.6) is 0 Å². The Morgan fingerprint density at radius 2 is 2.18 bits per heavy atom. The molecule has 0 bridgehead atoms. The highest BCUT2D eigenvalue weighted by molar-refractivity contribution is 8.01. The molecule has 0 spiro atoms. The number of rotatable bonds is 6. The maximum absolute atomic E-state index is 13.1. The number of carbonyl (C=O) groups is 2. The third-order valence-electron chi connectivity index (χ3n) is 4.63. The van der Waals surface area contributed by atoms with Crippen LogP contribution in [0.15, 0.2) is 33.3 Å². The van der Waals surface area contributed by atoms with Crippen LogP contribution in [-0.4, -0.2) is 34.0 Å². The maximum atomic E-state index is 13.1. The van der Waals surface area contributed by atoms with Crippen LogP contribution < -0.4 is 5.73 Å². The van der Waals surface area contributed by atoms with E-state index in [1.807, 2.05) is 17.9 Å². The zero-order valence-electron chi connectivity index (χ0n) is 15.2. The fourth-order valence-electron chi connectivity index (χ4n) is 3.33. The lowest BCUT2D eigenvalue weighted by molar-refractivity contribution is -0.130. The van der Waals surface area contributed by atoms with Gasteiger partial charge in [-0.05, 0) is 41.8 Å². The number of hydrogen-bond donors (Lipinski definition) is 1. The minimum absolute atomic E-state index is 0.00607. The van der Waals surface area contributed by atoms with Gasteiger partial charge < -0.3 is 10.6 Å². The normalized spacial score (nSPS) is 16.2. The number of carbonyl (C=O) groups excluding carboxylic acids is 2. The first kappa shape index (κ1) is 19.6. The number of aryl methyl sites for hydroxylation is 1. The average molecular weight is 450 g/mol. The van der Waals surface area contributed by atoms with Crippen LogP contribution in [-0.2, 0) is 22.4 Å². The number of primary amides is 1. The van der Waals surface area contributed by atoms with Crippen molar-refractivity contribution in [2.75, 3.05) is 12.3 Å². The first-order valence-electron chi connectivity index (χ1n) is 8.79. The Balaban J connectivity index is 1.49. The molecule has 4 rings (SSSR count). The molecule has 2 amide bonds. The van der Waals surface area contributed by atoms with E-state index in [1.54, 1.807) is 22.7 Å². The van der Waals surface area contributed by atoms with Crippen molar-refractivity contribution in [2.45, 2.75) is 30.1 Å². The Kier molecular flexibility index (Phi) is 5.86. The number of fused-ring (bicyclic) bond motifs is 1. The topological polar surface area (TPSA) is 76.3 Å². The fourth-order valence-corrected chi connectivity index (χ4v) is 7.22. The Morgan fingerprint density at radius 3 is 2.93 bits per heavy atom. The molecule has 0 saturated carbocycles. The SMILES string of the molecule is Cc1nc(SCC(=O)N2CCc3sccc3C2c2cccs2)sc1CC(N)=O. The highest BCUT2D eigenvalue weighted by atomic mass is 32.2. The standard InChI is InChI=1S/C19H19N3O2S4/c1-11-15(9-16(20)23)28-19(21-11)27-10-17(24)22-6-4-13-12(5-8-26-13)18(22)14-3-2-7-25-14/h2-3,5,7-8,18H,4,6,9-10H2,1H3,(H2,20,23). The van der Waals surface area contributed by atoms with Crippen LogP contribution in [0.25, 0.3) is 0 Å². The highest BCUT2D eigenvalue weighted by Gasteiger charge is 2.33. The molecule has 0 saturated heterocycles. The number of thiazole rings is 1. The number of amides is 2. The van der Waals surface area contributed by atoms with Gasteiger partial charge in [0.25, 0.3) is 0 Å². The van der Waals surface area contributed by atoms with Crippen LogP contribution in [0.4, 0.5) is 0 Å². The molecule has 0 fully saturated rings. The zero-order valence-corrected chi connectivity index (χ0v) is 18.5. The second-order valence-electron chi connectivity index (χ2n) is 6.47. The van der Waals surface area contributed by atoms with Gasteiger partial charge in [0.15, 0.2) is 4.34 Å². The summed E-state index contributed by atoms with van der Waals surface area (Å²) in [4.78, 5) is 34.2. The Bertz CT molecular complexity index is 993. The molecule has 1 aliphatic rings. The van der Waals surface area contributed by atoms with Crippen molar-refractivity contribution in [2.24, 2.45) is 5.73 Å². The van der Waals surface area contributed by atoms with Gasteiger partial charge in [-0.2, -0.15) is 0 Å². The molecular formula is C19H19N3O2S4.